The van der Waals surface area contributed by atoms with Gasteiger partial charge < -0.3 is 5.73 Å². The average molecular weight is 489 g/mol. The van der Waals surface area contributed by atoms with Crippen LogP contribution in [0.25, 0.3) is 0 Å². The fourth-order valence-corrected chi connectivity index (χ4v) is 7.03. The Morgan fingerprint density at radius 1 is 1.23 bits per heavy atom. The molecule has 4 fully saturated rings. The molecule has 2 aromatic heterocycles. The largest absolute Gasteiger partial charge is 0.365 e. The standard InChI is InChI=1S/C21H25BrN6O3/c1-11-3-12(2)28(17(30)15(11)16(23)29)25-18(31)20-5-13-4-14(6-20)8-21(7-13,9-20)27-10-24-19(22)26-27/h3,10,13-14H,4-9H2,1-2H3,(H2,23,29)(H,25,31)/t13-,14-,20?,21?/m0/s1. The van der Waals surface area contributed by atoms with Crippen LogP contribution < -0.4 is 16.7 Å². The van der Waals surface area contributed by atoms with Crippen LogP contribution in [0.3, 0.4) is 0 Å². The lowest BCUT2D eigenvalue weighted by molar-refractivity contribution is -0.151. The summed E-state index contributed by atoms with van der Waals surface area (Å²) in [6.07, 6.45) is 7.12. The van der Waals surface area contributed by atoms with E-state index in [2.05, 4.69) is 31.4 Å². The zero-order valence-electron chi connectivity index (χ0n) is 17.5. The highest BCUT2D eigenvalue weighted by Gasteiger charge is 2.62. The van der Waals surface area contributed by atoms with Gasteiger partial charge in [0, 0.05) is 5.69 Å². The van der Waals surface area contributed by atoms with Crippen LogP contribution in [0.1, 0.15) is 60.1 Å². The number of rotatable bonds is 4. The third kappa shape index (κ3) is 3.06. The normalized spacial score (nSPS) is 31.1. The highest BCUT2D eigenvalue weighted by Crippen LogP contribution is 2.64. The molecule has 0 aromatic carbocycles. The van der Waals surface area contributed by atoms with E-state index in [-0.39, 0.29) is 17.0 Å². The summed E-state index contributed by atoms with van der Waals surface area (Å²) in [4.78, 5) is 42.6. The summed E-state index contributed by atoms with van der Waals surface area (Å²) >= 11 is 3.34. The lowest BCUT2D eigenvalue weighted by Gasteiger charge is -2.60. The zero-order chi connectivity index (χ0) is 22.1. The van der Waals surface area contributed by atoms with Crippen LogP contribution in [0, 0.1) is 31.1 Å². The summed E-state index contributed by atoms with van der Waals surface area (Å²) in [6.45, 7) is 3.40. The number of hydrogen-bond acceptors (Lipinski definition) is 5. The molecule has 0 spiro atoms. The van der Waals surface area contributed by atoms with Gasteiger partial charge in [0.2, 0.25) is 10.6 Å². The zero-order valence-corrected chi connectivity index (χ0v) is 19.1. The van der Waals surface area contributed by atoms with Crippen LogP contribution in [0.5, 0.6) is 0 Å². The van der Waals surface area contributed by atoms with Crippen molar-refractivity contribution in [3.63, 3.8) is 0 Å². The molecule has 4 aliphatic rings. The number of amides is 2. The van der Waals surface area contributed by atoms with Crippen molar-refractivity contribution in [3.05, 3.63) is 44.3 Å². The van der Waals surface area contributed by atoms with E-state index in [0.717, 1.165) is 32.1 Å². The Kier molecular flexibility index (Phi) is 4.45. The fourth-order valence-electron chi connectivity index (χ4n) is 6.77. The van der Waals surface area contributed by atoms with Gasteiger partial charge in [0.25, 0.3) is 11.5 Å². The average Bonchev–Trinajstić information content (AvgIpc) is 3.10. The van der Waals surface area contributed by atoms with Crippen LogP contribution >= 0.6 is 15.9 Å². The second kappa shape index (κ2) is 6.75. The number of carbonyl (C=O) groups excluding carboxylic acids is 2. The lowest BCUT2D eigenvalue weighted by atomic mass is 9.46. The first-order chi connectivity index (χ1) is 14.6. The summed E-state index contributed by atoms with van der Waals surface area (Å²) in [7, 11) is 0. The molecule has 2 heterocycles. The number of nitrogens with zero attached hydrogens (tertiary/aromatic N) is 4. The van der Waals surface area contributed by atoms with Crippen molar-refractivity contribution in [2.24, 2.45) is 23.0 Å². The molecule has 2 aromatic rings. The smallest absolute Gasteiger partial charge is 0.282 e. The predicted octanol–water partition coefficient (Wildman–Crippen LogP) is 1.98. The summed E-state index contributed by atoms with van der Waals surface area (Å²) in [5.74, 6) is -0.0929. The van der Waals surface area contributed by atoms with Gasteiger partial charge in [-0.05, 0) is 91.8 Å². The second-order valence-electron chi connectivity index (χ2n) is 9.71. The fraction of sp³-hybridized carbons (Fsp3) is 0.571. The number of hydrogen-bond donors (Lipinski definition) is 2. The molecule has 6 rings (SSSR count). The van der Waals surface area contributed by atoms with Crippen LogP contribution in [0.15, 0.2) is 21.9 Å². The maximum Gasteiger partial charge on any atom is 0.282 e. The summed E-state index contributed by atoms with van der Waals surface area (Å²) < 4.78 is 3.65. The van der Waals surface area contributed by atoms with Gasteiger partial charge in [0.1, 0.15) is 11.9 Å². The van der Waals surface area contributed by atoms with Gasteiger partial charge in [0.05, 0.1) is 11.0 Å². The molecular weight excluding hydrogens is 464 g/mol. The quantitative estimate of drug-likeness (QED) is 0.680. The van der Waals surface area contributed by atoms with Crippen molar-refractivity contribution in [2.45, 2.75) is 57.9 Å². The summed E-state index contributed by atoms with van der Waals surface area (Å²) in [5, 5.41) is 4.53. The molecule has 31 heavy (non-hydrogen) atoms. The predicted molar refractivity (Wildman–Crippen MR) is 116 cm³/mol. The monoisotopic (exact) mass is 488 g/mol. The van der Waals surface area contributed by atoms with E-state index in [9.17, 15) is 14.4 Å². The number of nitrogens with one attached hydrogen (secondary N) is 1. The molecule has 0 aliphatic heterocycles. The molecule has 2 amide bonds. The van der Waals surface area contributed by atoms with E-state index in [1.807, 2.05) is 4.68 Å². The Morgan fingerprint density at radius 3 is 2.48 bits per heavy atom. The minimum Gasteiger partial charge on any atom is -0.365 e. The van der Waals surface area contributed by atoms with Crippen LogP contribution in [0.4, 0.5) is 0 Å². The molecule has 4 bridgehead atoms. The first-order valence-corrected chi connectivity index (χ1v) is 11.3. The molecule has 0 saturated heterocycles. The van der Waals surface area contributed by atoms with Crippen molar-refractivity contribution in [2.75, 3.05) is 5.43 Å². The topological polar surface area (TPSA) is 125 Å². The number of carbonyl (C=O) groups is 2. The van der Waals surface area contributed by atoms with Crippen LogP contribution in [-0.2, 0) is 10.3 Å². The Balaban J connectivity index is 1.51. The number of nitrogens with two attached hydrogens (primary N) is 1. The Bertz CT molecular complexity index is 1150. The van der Waals surface area contributed by atoms with Crippen molar-refractivity contribution in [1.29, 1.82) is 0 Å². The minimum atomic E-state index is -0.795. The SMILES string of the molecule is Cc1cc(C)n(NC(=O)C23C[C@@H]4C[C@@H](C2)CC(n2cnc(Br)n2)(C4)C3)c(=O)c1C(N)=O. The maximum absolute atomic E-state index is 13.7. The van der Waals surface area contributed by atoms with E-state index < -0.39 is 16.9 Å². The van der Waals surface area contributed by atoms with Crippen LogP contribution in [0.2, 0.25) is 0 Å². The molecule has 3 N–H and O–H groups in total. The van der Waals surface area contributed by atoms with Gasteiger partial charge in [-0.15, -0.1) is 5.10 Å². The lowest BCUT2D eigenvalue weighted by Crippen LogP contribution is -2.61. The molecular formula is C21H25BrN6O3. The summed E-state index contributed by atoms with van der Waals surface area (Å²) in [6, 6.07) is 1.69. The molecule has 9 nitrogen and oxygen atoms in total. The van der Waals surface area contributed by atoms with Gasteiger partial charge in [0.15, 0.2) is 0 Å². The summed E-state index contributed by atoms with van der Waals surface area (Å²) in [5.41, 5.74) is 7.82. The van der Waals surface area contributed by atoms with E-state index in [4.69, 9.17) is 5.73 Å². The number of pyridine rings is 1. The molecule has 2 atom stereocenters. The second-order valence-corrected chi connectivity index (χ2v) is 10.4. The van der Waals surface area contributed by atoms with E-state index >= 15 is 0 Å². The first-order valence-electron chi connectivity index (χ1n) is 10.5. The maximum atomic E-state index is 13.7. The van der Waals surface area contributed by atoms with Gasteiger partial charge in [-0.3, -0.25) is 19.8 Å². The third-order valence-electron chi connectivity index (χ3n) is 7.51. The number of aryl methyl sites for hydroxylation is 2. The Labute approximate surface area is 187 Å². The van der Waals surface area contributed by atoms with Gasteiger partial charge in [-0.2, -0.15) is 0 Å². The molecule has 4 saturated carbocycles. The van der Waals surface area contributed by atoms with Crippen LogP contribution in [-0.4, -0.2) is 31.3 Å². The van der Waals surface area contributed by atoms with Crippen molar-refractivity contribution < 1.29 is 9.59 Å². The van der Waals surface area contributed by atoms with E-state index in [1.54, 1.807) is 26.2 Å². The first kappa shape index (κ1) is 20.4. The number of halogens is 1. The van der Waals surface area contributed by atoms with Crippen molar-refractivity contribution >= 4 is 27.7 Å². The molecule has 164 valence electrons. The van der Waals surface area contributed by atoms with E-state index in [1.165, 1.54) is 4.68 Å². The number of primary amides is 1. The van der Waals surface area contributed by atoms with E-state index in [0.29, 0.717) is 34.2 Å². The molecule has 10 heteroatoms. The highest BCUT2D eigenvalue weighted by atomic mass is 79.9. The Morgan fingerprint density at radius 2 is 1.90 bits per heavy atom. The Hall–Kier alpha value is -2.49. The third-order valence-corrected chi connectivity index (χ3v) is 7.87. The van der Waals surface area contributed by atoms with Gasteiger partial charge >= 0.3 is 0 Å². The molecule has 0 unspecified atom stereocenters. The molecule has 0 radical (unpaired) electrons. The van der Waals surface area contributed by atoms with Crippen molar-refractivity contribution in [1.82, 2.24) is 19.4 Å². The minimum absolute atomic E-state index is 0.0969. The number of aromatic nitrogens is 4. The highest BCUT2D eigenvalue weighted by molar-refractivity contribution is 9.10. The van der Waals surface area contributed by atoms with Gasteiger partial charge in [-0.25, -0.2) is 14.3 Å². The molecule has 4 aliphatic carbocycles. The van der Waals surface area contributed by atoms with Gasteiger partial charge in [-0.1, -0.05) is 0 Å². The van der Waals surface area contributed by atoms with Crippen molar-refractivity contribution in [3.8, 4) is 0 Å².